The maximum absolute atomic E-state index is 12.6. The SMILES string of the molecule is Cc1ncc(C(=O)Nc2c(Cl)csc2CF)s1. The summed E-state index contributed by atoms with van der Waals surface area (Å²) < 4.78 is 12.6. The zero-order valence-electron chi connectivity index (χ0n) is 8.79. The molecule has 2 aromatic rings. The van der Waals surface area contributed by atoms with Crippen LogP contribution >= 0.6 is 34.3 Å². The van der Waals surface area contributed by atoms with Crippen molar-refractivity contribution in [2.24, 2.45) is 0 Å². The smallest absolute Gasteiger partial charge is 0.267 e. The van der Waals surface area contributed by atoms with Crippen LogP contribution in [0.1, 0.15) is 19.6 Å². The minimum absolute atomic E-state index is 0.314. The number of nitrogens with zero attached hydrogens (tertiary/aromatic N) is 1. The molecule has 0 fully saturated rings. The monoisotopic (exact) mass is 290 g/mol. The van der Waals surface area contributed by atoms with E-state index in [0.29, 0.717) is 20.5 Å². The topological polar surface area (TPSA) is 42.0 Å². The molecule has 0 aliphatic carbocycles. The first kappa shape index (κ1) is 12.5. The molecular formula is C10H8ClFN2OS2. The highest BCUT2D eigenvalue weighted by molar-refractivity contribution is 7.13. The normalized spacial score (nSPS) is 10.5. The number of aromatic nitrogens is 1. The van der Waals surface area contributed by atoms with Gasteiger partial charge in [0.1, 0.15) is 11.6 Å². The Morgan fingerprint density at radius 3 is 3.00 bits per heavy atom. The van der Waals surface area contributed by atoms with Crippen molar-refractivity contribution in [2.75, 3.05) is 5.32 Å². The maximum Gasteiger partial charge on any atom is 0.267 e. The number of hydrogen-bond donors (Lipinski definition) is 1. The number of anilines is 1. The molecule has 1 amide bonds. The number of amides is 1. The first-order valence-corrected chi connectivity index (χ1v) is 6.75. The van der Waals surface area contributed by atoms with Crippen LogP contribution in [0.2, 0.25) is 5.02 Å². The van der Waals surface area contributed by atoms with Gasteiger partial charge in [0.2, 0.25) is 0 Å². The lowest BCUT2D eigenvalue weighted by Gasteiger charge is -2.03. The van der Waals surface area contributed by atoms with E-state index in [2.05, 4.69) is 10.3 Å². The van der Waals surface area contributed by atoms with Crippen LogP contribution in [0.25, 0.3) is 0 Å². The van der Waals surface area contributed by atoms with Gasteiger partial charge in [-0.2, -0.15) is 0 Å². The van der Waals surface area contributed by atoms with Gasteiger partial charge in [0.05, 0.1) is 26.8 Å². The van der Waals surface area contributed by atoms with Crippen LogP contribution in [0.3, 0.4) is 0 Å². The van der Waals surface area contributed by atoms with Crippen LogP contribution in [0.5, 0.6) is 0 Å². The molecule has 17 heavy (non-hydrogen) atoms. The van der Waals surface area contributed by atoms with Gasteiger partial charge < -0.3 is 5.32 Å². The van der Waals surface area contributed by atoms with Gasteiger partial charge in [0, 0.05) is 5.38 Å². The van der Waals surface area contributed by atoms with Gasteiger partial charge in [0.25, 0.3) is 5.91 Å². The van der Waals surface area contributed by atoms with Crippen molar-refractivity contribution >= 4 is 45.9 Å². The van der Waals surface area contributed by atoms with Crippen LogP contribution in [0.15, 0.2) is 11.6 Å². The van der Waals surface area contributed by atoms with E-state index in [4.69, 9.17) is 11.6 Å². The van der Waals surface area contributed by atoms with Crippen molar-refractivity contribution in [3.63, 3.8) is 0 Å². The van der Waals surface area contributed by atoms with Crippen molar-refractivity contribution in [1.82, 2.24) is 4.98 Å². The summed E-state index contributed by atoms with van der Waals surface area (Å²) in [5, 5.41) is 5.37. The summed E-state index contributed by atoms with van der Waals surface area (Å²) in [5.74, 6) is -0.314. The fraction of sp³-hybridized carbons (Fsp3) is 0.200. The van der Waals surface area contributed by atoms with Gasteiger partial charge in [-0.05, 0) is 6.92 Å². The standard InChI is InChI=1S/C10H8ClFN2OS2/c1-5-13-3-8(17-5)10(15)14-9-6(11)4-16-7(9)2-12/h3-4H,2H2,1H3,(H,14,15). The summed E-state index contributed by atoms with van der Waals surface area (Å²) in [4.78, 5) is 16.7. The number of thiophene rings is 1. The molecule has 0 saturated heterocycles. The largest absolute Gasteiger partial charge is 0.319 e. The number of nitrogens with one attached hydrogen (secondary N) is 1. The summed E-state index contributed by atoms with van der Waals surface area (Å²) in [6.45, 7) is 1.17. The van der Waals surface area contributed by atoms with E-state index in [1.54, 1.807) is 5.38 Å². The Labute approximate surface area is 110 Å². The number of thiazole rings is 1. The highest BCUT2D eigenvalue weighted by Gasteiger charge is 2.15. The van der Waals surface area contributed by atoms with Crippen LogP contribution in [0, 0.1) is 6.92 Å². The summed E-state index contributed by atoms with van der Waals surface area (Å²) in [5.41, 5.74) is 0.357. The molecule has 0 spiro atoms. The predicted octanol–water partition coefficient (Wildman–Crippen LogP) is 3.89. The quantitative estimate of drug-likeness (QED) is 0.932. The molecule has 0 aliphatic rings. The van der Waals surface area contributed by atoms with Crippen molar-refractivity contribution in [1.29, 1.82) is 0 Å². The van der Waals surface area contributed by atoms with Crippen molar-refractivity contribution < 1.29 is 9.18 Å². The molecule has 0 radical (unpaired) electrons. The lowest BCUT2D eigenvalue weighted by atomic mass is 10.4. The second-order valence-corrected chi connectivity index (χ2v) is 5.82. The third-order valence-electron chi connectivity index (χ3n) is 2.03. The molecule has 2 heterocycles. The zero-order chi connectivity index (χ0) is 12.4. The van der Waals surface area contributed by atoms with Crippen molar-refractivity contribution in [3.8, 4) is 0 Å². The van der Waals surface area contributed by atoms with E-state index in [1.165, 1.54) is 28.9 Å². The zero-order valence-corrected chi connectivity index (χ0v) is 11.2. The molecule has 0 aliphatic heterocycles. The van der Waals surface area contributed by atoms with Gasteiger partial charge in [-0.15, -0.1) is 22.7 Å². The molecule has 0 bridgehead atoms. The predicted molar refractivity (Wildman–Crippen MR) is 68.9 cm³/mol. The number of carbonyl (C=O) groups is 1. The Hall–Kier alpha value is -0.980. The second kappa shape index (κ2) is 5.12. The molecule has 7 heteroatoms. The second-order valence-electron chi connectivity index (χ2n) is 3.21. The Balaban J connectivity index is 2.21. The molecule has 2 aromatic heterocycles. The lowest BCUT2D eigenvalue weighted by molar-refractivity contribution is 0.103. The van der Waals surface area contributed by atoms with Gasteiger partial charge in [0.15, 0.2) is 0 Å². The van der Waals surface area contributed by atoms with Crippen LogP contribution in [0.4, 0.5) is 10.1 Å². The molecular weight excluding hydrogens is 283 g/mol. The number of carbonyl (C=O) groups excluding carboxylic acids is 1. The van der Waals surface area contributed by atoms with Crippen LogP contribution < -0.4 is 5.32 Å². The lowest BCUT2D eigenvalue weighted by Crippen LogP contribution is -2.10. The van der Waals surface area contributed by atoms with Gasteiger partial charge >= 0.3 is 0 Å². The average Bonchev–Trinajstić information content (AvgIpc) is 2.87. The summed E-state index contributed by atoms with van der Waals surface area (Å²) >= 11 is 8.34. The maximum atomic E-state index is 12.6. The number of rotatable bonds is 3. The van der Waals surface area contributed by atoms with E-state index in [-0.39, 0.29) is 5.91 Å². The molecule has 0 atom stereocenters. The van der Waals surface area contributed by atoms with Crippen molar-refractivity contribution in [3.05, 3.63) is 31.4 Å². The molecule has 2 rings (SSSR count). The summed E-state index contributed by atoms with van der Waals surface area (Å²) in [6, 6.07) is 0. The fourth-order valence-corrected chi connectivity index (χ4v) is 2.97. The first-order valence-electron chi connectivity index (χ1n) is 4.67. The average molecular weight is 291 g/mol. The number of hydrogen-bond acceptors (Lipinski definition) is 4. The van der Waals surface area contributed by atoms with Crippen molar-refractivity contribution in [2.45, 2.75) is 13.6 Å². The fourth-order valence-electron chi connectivity index (χ4n) is 1.24. The number of halogens is 2. The van der Waals surface area contributed by atoms with Gasteiger partial charge in [-0.1, -0.05) is 11.6 Å². The minimum atomic E-state index is -0.644. The third kappa shape index (κ3) is 2.65. The van der Waals surface area contributed by atoms with Gasteiger partial charge in [-0.3, -0.25) is 4.79 Å². The third-order valence-corrected chi connectivity index (χ3v) is 4.32. The molecule has 0 aromatic carbocycles. The highest BCUT2D eigenvalue weighted by Crippen LogP contribution is 2.33. The Morgan fingerprint density at radius 1 is 1.65 bits per heavy atom. The van der Waals surface area contributed by atoms with Gasteiger partial charge in [-0.25, -0.2) is 9.37 Å². The van der Waals surface area contributed by atoms with E-state index >= 15 is 0 Å². The molecule has 0 unspecified atom stereocenters. The van der Waals surface area contributed by atoms with E-state index in [1.807, 2.05) is 6.92 Å². The highest BCUT2D eigenvalue weighted by atomic mass is 35.5. The first-order chi connectivity index (χ1) is 8.11. The Kier molecular flexibility index (Phi) is 3.76. The molecule has 3 nitrogen and oxygen atoms in total. The summed E-state index contributed by atoms with van der Waals surface area (Å²) in [6.07, 6.45) is 1.49. The Morgan fingerprint density at radius 2 is 2.41 bits per heavy atom. The van der Waals surface area contributed by atoms with Crippen LogP contribution in [-0.2, 0) is 6.67 Å². The number of alkyl halides is 1. The Bertz CT molecular complexity index is 552. The van der Waals surface area contributed by atoms with Crippen LogP contribution in [-0.4, -0.2) is 10.9 Å². The van der Waals surface area contributed by atoms with E-state index < -0.39 is 6.67 Å². The van der Waals surface area contributed by atoms with E-state index in [0.717, 1.165) is 5.01 Å². The summed E-state index contributed by atoms with van der Waals surface area (Å²) in [7, 11) is 0. The minimum Gasteiger partial charge on any atom is -0.319 e. The van der Waals surface area contributed by atoms with E-state index in [9.17, 15) is 9.18 Å². The number of aryl methyl sites for hydroxylation is 1. The molecule has 1 N–H and O–H groups in total. The molecule has 0 saturated carbocycles. The molecule has 90 valence electrons.